The fourth-order valence-electron chi connectivity index (χ4n) is 3.71. The summed E-state index contributed by atoms with van der Waals surface area (Å²) in [6.45, 7) is 2.90. The maximum Gasteiger partial charge on any atom is 0.271 e. The molecular weight excluding hydrogens is 374 g/mol. The van der Waals surface area contributed by atoms with Crippen LogP contribution in [-0.4, -0.2) is 30.7 Å². The van der Waals surface area contributed by atoms with Crippen molar-refractivity contribution in [3.63, 3.8) is 0 Å². The Morgan fingerprint density at radius 1 is 1.03 bits per heavy atom. The number of benzene rings is 3. The third-order valence-electron chi connectivity index (χ3n) is 5.34. The van der Waals surface area contributed by atoms with Gasteiger partial charge in [-0.15, -0.1) is 0 Å². The van der Waals surface area contributed by atoms with Crippen LogP contribution in [0.15, 0.2) is 77.9 Å². The molecule has 0 atom stereocenters. The van der Waals surface area contributed by atoms with Crippen molar-refractivity contribution < 1.29 is 9.53 Å². The van der Waals surface area contributed by atoms with Gasteiger partial charge < -0.3 is 4.74 Å². The van der Waals surface area contributed by atoms with Gasteiger partial charge in [-0.25, -0.2) is 5.43 Å². The number of carbonyl (C=O) groups excluding carboxylic acids is 1. The third kappa shape index (κ3) is 4.75. The molecule has 5 nitrogen and oxygen atoms in total. The minimum atomic E-state index is -0.236. The average Bonchev–Trinajstić information content (AvgIpc) is 2.80. The second-order valence-corrected chi connectivity index (χ2v) is 7.37. The van der Waals surface area contributed by atoms with E-state index in [2.05, 4.69) is 39.7 Å². The molecule has 3 aromatic rings. The van der Waals surface area contributed by atoms with Crippen molar-refractivity contribution in [2.24, 2.45) is 5.10 Å². The number of hydrogen-bond acceptors (Lipinski definition) is 4. The van der Waals surface area contributed by atoms with Crippen molar-refractivity contribution >= 4 is 12.1 Å². The molecule has 0 aliphatic carbocycles. The number of nitrogens with zero attached hydrogens (tertiary/aromatic N) is 2. The number of fused-ring (bicyclic) bond motifs is 1. The zero-order valence-electron chi connectivity index (χ0n) is 17.0. The van der Waals surface area contributed by atoms with Gasteiger partial charge in [-0.05, 0) is 47.4 Å². The Balaban J connectivity index is 1.33. The van der Waals surface area contributed by atoms with E-state index in [1.165, 1.54) is 16.7 Å². The lowest BCUT2D eigenvalue weighted by molar-refractivity contribution is 0.0955. The summed E-state index contributed by atoms with van der Waals surface area (Å²) in [5, 5.41) is 4.05. The van der Waals surface area contributed by atoms with Crippen LogP contribution in [0.25, 0.3) is 0 Å². The van der Waals surface area contributed by atoms with Gasteiger partial charge in [0.1, 0.15) is 5.75 Å². The fourth-order valence-corrected chi connectivity index (χ4v) is 3.71. The van der Waals surface area contributed by atoms with E-state index in [4.69, 9.17) is 4.74 Å². The molecule has 3 aromatic carbocycles. The highest BCUT2D eigenvalue weighted by molar-refractivity contribution is 5.95. The summed E-state index contributed by atoms with van der Waals surface area (Å²) in [6.07, 6.45) is 2.67. The van der Waals surface area contributed by atoms with Crippen molar-refractivity contribution in [2.75, 3.05) is 13.7 Å². The van der Waals surface area contributed by atoms with E-state index in [0.717, 1.165) is 31.6 Å². The Hall–Kier alpha value is -3.44. The topological polar surface area (TPSA) is 53.9 Å². The smallest absolute Gasteiger partial charge is 0.271 e. The Labute approximate surface area is 177 Å². The quantitative estimate of drug-likeness (QED) is 0.503. The van der Waals surface area contributed by atoms with Crippen LogP contribution in [0.2, 0.25) is 0 Å². The monoisotopic (exact) mass is 399 g/mol. The summed E-state index contributed by atoms with van der Waals surface area (Å²) in [4.78, 5) is 14.8. The molecule has 5 heteroatoms. The van der Waals surface area contributed by atoms with Crippen LogP contribution in [0.5, 0.6) is 5.75 Å². The van der Waals surface area contributed by atoms with Gasteiger partial charge in [0.2, 0.25) is 0 Å². The lowest BCUT2D eigenvalue weighted by Crippen LogP contribution is -2.30. The summed E-state index contributed by atoms with van der Waals surface area (Å²) in [7, 11) is 1.61. The van der Waals surface area contributed by atoms with Crippen molar-refractivity contribution in [2.45, 2.75) is 19.5 Å². The highest BCUT2D eigenvalue weighted by Crippen LogP contribution is 2.20. The molecule has 30 heavy (non-hydrogen) atoms. The molecule has 0 fully saturated rings. The second-order valence-electron chi connectivity index (χ2n) is 7.37. The summed E-state index contributed by atoms with van der Waals surface area (Å²) >= 11 is 0. The van der Waals surface area contributed by atoms with E-state index in [1.807, 2.05) is 48.5 Å². The van der Waals surface area contributed by atoms with Crippen molar-refractivity contribution in [3.8, 4) is 5.75 Å². The number of ether oxygens (including phenoxy) is 1. The van der Waals surface area contributed by atoms with Gasteiger partial charge >= 0.3 is 0 Å². The van der Waals surface area contributed by atoms with E-state index in [-0.39, 0.29) is 5.91 Å². The molecule has 0 spiro atoms. The maximum absolute atomic E-state index is 12.4. The Morgan fingerprint density at radius 2 is 1.77 bits per heavy atom. The summed E-state index contributed by atoms with van der Waals surface area (Å²) < 4.78 is 5.27. The fraction of sp³-hybridized carbons (Fsp3) is 0.200. The first kappa shape index (κ1) is 19.9. The van der Waals surface area contributed by atoms with Crippen molar-refractivity contribution in [1.82, 2.24) is 10.3 Å². The minimum Gasteiger partial charge on any atom is -0.496 e. The molecule has 1 N–H and O–H groups in total. The standard InChI is InChI=1S/C25H25N3O2/c1-30-24-9-5-4-7-22(24)16-26-27-25(29)21-12-10-19(11-13-21)17-28-15-14-20-6-2-3-8-23(20)18-28/h2-13,16H,14-15,17-18H2,1H3,(H,27,29)/b26-16-. The largest absolute Gasteiger partial charge is 0.496 e. The number of rotatable bonds is 6. The van der Waals surface area contributed by atoms with Crippen LogP contribution in [0, 0.1) is 0 Å². The van der Waals surface area contributed by atoms with Crippen molar-refractivity contribution in [1.29, 1.82) is 0 Å². The van der Waals surface area contributed by atoms with Gasteiger partial charge in [0, 0.05) is 30.8 Å². The summed E-state index contributed by atoms with van der Waals surface area (Å²) in [5.41, 5.74) is 8.02. The van der Waals surface area contributed by atoms with Gasteiger partial charge in [0.25, 0.3) is 5.91 Å². The average molecular weight is 399 g/mol. The molecule has 1 aliphatic rings. The molecule has 1 heterocycles. The lowest BCUT2D eigenvalue weighted by Gasteiger charge is -2.28. The first-order valence-corrected chi connectivity index (χ1v) is 10.1. The van der Waals surface area contributed by atoms with Crippen LogP contribution in [0.1, 0.15) is 32.6 Å². The molecule has 152 valence electrons. The molecular formula is C25H25N3O2. The molecule has 1 aliphatic heterocycles. The van der Waals surface area contributed by atoms with Crippen LogP contribution in [-0.2, 0) is 19.5 Å². The summed E-state index contributed by atoms with van der Waals surface area (Å²) in [6, 6.07) is 23.9. The lowest BCUT2D eigenvalue weighted by atomic mass is 9.99. The van der Waals surface area contributed by atoms with Gasteiger partial charge in [-0.1, -0.05) is 48.5 Å². The molecule has 4 rings (SSSR count). The van der Waals surface area contributed by atoms with Crippen molar-refractivity contribution in [3.05, 3.63) is 101 Å². The number of hydrogen-bond donors (Lipinski definition) is 1. The highest BCUT2D eigenvalue weighted by Gasteiger charge is 2.15. The molecule has 0 saturated carbocycles. The van der Waals surface area contributed by atoms with Crippen LogP contribution < -0.4 is 10.2 Å². The first-order valence-electron chi connectivity index (χ1n) is 10.1. The molecule has 0 aromatic heterocycles. The van der Waals surface area contributed by atoms with E-state index in [9.17, 15) is 4.79 Å². The van der Waals surface area contributed by atoms with Crippen LogP contribution in [0.4, 0.5) is 0 Å². The molecule has 0 unspecified atom stereocenters. The van der Waals surface area contributed by atoms with E-state index in [0.29, 0.717) is 11.3 Å². The number of nitrogens with one attached hydrogen (secondary N) is 1. The van der Waals surface area contributed by atoms with E-state index in [1.54, 1.807) is 13.3 Å². The number of carbonyl (C=O) groups is 1. The Bertz CT molecular complexity index is 1040. The van der Waals surface area contributed by atoms with Crippen LogP contribution >= 0.6 is 0 Å². The SMILES string of the molecule is COc1ccccc1/C=N\NC(=O)c1ccc(CN2CCc3ccccc3C2)cc1. The van der Waals surface area contributed by atoms with Gasteiger partial charge in [0.15, 0.2) is 0 Å². The van der Waals surface area contributed by atoms with Gasteiger partial charge in [-0.2, -0.15) is 5.10 Å². The third-order valence-corrected chi connectivity index (χ3v) is 5.34. The predicted octanol–water partition coefficient (Wildman–Crippen LogP) is 4.02. The predicted molar refractivity (Wildman–Crippen MR) is 119 cm³/mol. The van der Waals surface area contributed by atoms with Gasteiger partial charge in [0.05, 0.1) is 13.3 Å². The van der Waals surface area contributed by atoms with Crippen LogP contribution in [0.3, 0.4) is 0 Å². The molecule has 0 bridgehead atoms. The molecule has 0 radical (unpaired) electrons. The zero-order valence-corrected chi connectivity index (χ0v) is 17.0. The Kier molecular flexibility index (Phi) is 6.20. The maximum atomic E-state index is 12.4. The number of hydrazone groups is 1. The molecule has 1 amide bonds. The number of methoxy groups -OCH3 is 1. The normalized spacial score (nSPS) is 13.8. The molecule has 0 saturated heterocycles. The summed E-state index contributed by atoms with van der Waals surface area (Å²) in [5.74, 6) is 0.472. The van der Waals surface area contributed by atoms with E-state index >= 15 is 0 Å². The number of para-hydroxylation sites is 1. The van der Waals surface area contributed by atoms with E-state index < -0.39 is 0 Å². The minimum absolute atomic E-state index is 0.236. The zero-order chi connectivity index (χ0) is 20.8. The first-order chi connectivity index (χ1) is 14.7. The highest BCUT2D eigenvalue weighted by atomic mass is 16.5. The number of amides is 1. The van der Waals surface area contributed by atoms with Gasteiger partial charge in [-0.3, -0.25) is 9.69 Å². The second kappa shape index (κ2) is 9.37. The Morgan fingerprint density at radius 3 is 2.57 bits per heavy atom.